The molecule has 2 rings (SSSR count). The van der Waals surface area contributed by atoms with Crippen molar-refractivity contribution < 1.29 is 50.0 Å². The van der Waals surface area contributed by atoms with Gasteiger partial charge in [0.05, 0.1) is 25.4 Å². The molecule has 1 saturated carbocycles. The lowest BCUT2D eigenvalue weighted by molar-refractivity contribution is -0.303. The van der Waals surface area contributed by atoms with E-state index in [2.05, 4.69) is 19.2 Å². The predicted molar refractivity (Wildman–Crippen MR) is 240 cm³/mol. The molecule has 1 aliphatic carbocycles. The number of aliphatic hydroxyl groups excluding tert-OH is 7. The fourth-order valence-corrected chi connectivity index (χ4v) is 9.04. The van der Waals surface area contributed by atoms with E-state index in [1.54, 1.807) is 0 Å². The molecule has 60 heavy (non-hydrogen) atoms. The Morgan fingerprint density at radius 3 is 1.47 bits per heavy atom. The van der Waals surface area contributed by atoms with E-state index < -0.39 is 74.2 Å². The minimum atomic E-state index is -1.66. The van der Waals surface area contributed by atoms with Crippen LogP contribution in [0.3, 0.4) is 0 Å². The summed E-state index contributed by atoms with van der Waals surface area (Å²) in [6, 6.07) is -1.16. The molecule has 0 radical (unpaired) electrons. The third-order valence-corrected chi connectivity index (χ3v) is 13.4. The number of hydrogen-bond donors (Lipinski definition) is 8. The lowest BCUT2D eigenvalue weighted by Crippen LogP contribution is -2.60. The Balaban J connectivity index is 1.66. The molecule has 11 nitrogen and oxygen atoms in total. The minimum absolute atomic E-state index is 0.268. The van der Waals surface area contributed by atoms with Crippen molar-refractivity contribution in [3.63, 3.8) is 0 Å². The highest BCUT2D eigenvalue weighted by molar-refractivity contribution is 5.80. The molecule has 11 heteroatoms. The smallest absolute Gasteiger partial charge is 0.249 e. The Morgan fingerprint density at radius 1 is 0.583 bits per heavy atom. The molecule has 0 spiro atoms. The highest BCUT2D eigenvalue weighted by Crippen LogP contribution is 2.45. The Kier molecular flexibility index (Phi) is 32.6. The minimum Gasteiger partial charge on any atom is -0.394 e. The van der Waals surface area contributed by atoms with Gasteiger partial charge in [-0.05, 0) is 31.1 Å². The average molecular weight is 858 g/mol. The van der Waals surface area contributed by atoms with Gasteiger partial charge in [0.25, 0.3) is 0 Å². The molecule has 11 atom stereocenters. The van der Waals surface area contributed by atoms with Gasteiger partial charge in [-0.2, -0.15) is 0 Å². The Morgan fingerprint density at radius 2 is 1.00 bits per heavy atom. The Labute approximate surface area is 366 Å². The maximum atomic E-state index is 13.1. The lowest BCUT2D eigenvalue weighted by atomic mass is 9.98. The van der Waals surface area contributed by atoms with Gasteiger partial charge < -0.3 is 50.5 Å². The quantitative estimate of drug-likeness (QED) is 0.0277. The fourth-order valence-electron chi connectivity index (χ4n) is 9.04. The maximum absolute atomic E-state index is 13.1. The number of hydrogen-bond acceptors (Lipinski definition) is 10. The van der Waals surface area contributed by atoms with Crippen molar-refractivity contribution in [1.82, 2.24) is 5.32 Å². The highest BCUT2D eigenvalue weighted by atomic mass is 16.7. The molecule has 0 aromatic heterocycles. The van der Waals surface area contributed by atoms with Crippen LogP contribution in [0.2, 0.25) is 0 Å². The van der Waals surface area contributed by atoms with E-state index in [0.29, 0.717) is 19.3 Å². The summed E-state index contributed by atoms with van der Waals surface area (Å²) in [5, 5.41) is 75.9. The number of carbonyl (C=O) groups excluding carboxylic acids is 1. The van der Waals surface area contributed by atoms with Crippen molar-refractivity contribution >= 4 is 5.91 Å². The first-order chi connectivity index (χ1) is 29.1. The van der Waals surface area contributed by atoms with Gasteiger partial charge in [-0.1, -0.05) is 206 Å². The first-order valence-electron chi connectivity index (χ1n) is 25.4. The zero-order valence-corrected chi connectivity index (χ0v) is 38.5. The van der Waals surface area contributed by atoms with Gasteiger partial charge in [0.1, 0.15) is 36.6 Å². The molecule has 0 bridgehead atoms. The monoisotopic (exact) mass is 858 g/mol. The lowest BCUT2D eigenvalue weighted by Gasteiger charge is -2.40. The van der Waals surface area contributed by atoms with E-state index in [4.69, 9.17) is 9.47 Å². The molecule has 0 aromatic carbocycles. The molecule has 8 N–H and O–H groups in total. The van der Waals surface area contributed by atoms with Crippen LogP contribution >= 0.6 is 0 Å². The van der Waals surface area contributed by atoms with Crippen molar-refractivity contribution in [1.29, 1.82) is 0 Å². The molecular weight excluding hydrogens is 763 g/mol. The number of unbranched alkanes of at least 4 members (excludes halogenated alkanes) is 25. The number of aliphatic hydroxyl groups is 7. The summed E-state index contributed by atoms with van der Waals surface area (Å²) in [5.41, 5.74) is 0. The first kappa shape index (κ1) is 55.2. The van der Waals surface area contributed by atoms with Gasteiger partial charge in [0.2, 0.25) is 5.91 Å². The van der Waals surface area contributed by atoms with E-state index in [-0.39, 0.29) is 6.42 Å². The molecule has 1 aliphatic heterocycles. The summed E-state index contributed by atoms with van der Waals surface area (Å²) in [4.78, 5) is 13.1. The third kappa shape index (κ3) is 24.8. The summed E-state index contributed by atoms with van der Waals surface area (Å²) in [6.45, 7) is 3.48. The molecule has 2 aliphatic rings. The molecule has 356 valence electrons. The van der Waals surface area contributed by atoms with Gasteiger partial charge in [0, 0.05) is 0 Å². The van der Waals surface area contributed by atoms with Crippen LogP contribution in [0.5, 0.6) is 0 Å². The van der Waals surface area contributed by atoms with Crippen molar-refractivity contribution in [2.24, 2.45) is 11.8 Å². The van der Waals surface area contributed by atoms with E-state index in [1.807, 2.05) is 0 Å². The van der Waals surface area contributed by atoms with Crippen molar-refractivity contribution in [2.75, 3.05) is 13.2 Å². The van der Waals surface area contributed by atoms with E-state index in [0.717, 1.165) is 50.4 Å². The van der Waals surface area contributed by atoms with Crippen LogP contribution in [0.25, 0.3) is 0 Å². The van der Waals surface area contributed by atoms with Crippen LogP contribution in [0.1, 0.15) is 226 Å². The van der Waals surface area contributed by atoms with Crippen molar-refractivity contribution in [3.05, 3.63) is 0 Å². The molecule has 1 saturated heterocycles. The number of nitrogens with one attached hydrogen (secondary N) is 1. The summed E-state index contributed by atoms with van der Waals surface area (Å²) < 4.78 is 11.1. The molecular formula is C49H95NO10. The topological polar surface area (TPSA) is 189 Å². The second-order valence-electron chi connectivity index (χ2n) is 18.8. The zero-order valence-electron chi connectivity index (χ0n) is 38.5. The summed E-state index contributed by atoms with van der Waals surface area (Å²) >= 11 is 0. The van der Waals surface area contributed by atoms with Gasteiger partial charge in [0.15, 0.2) is 6.29 Å². The normalized spacial score (nSPS) is 24.9. The number of ether oxygens (including phenoxy) is 2. The van der Waals surface area contributed by atoms with Crippen LogP contribution in [-0.4, -0.2) is 110 Å². The summed E-state index contributed by atoms with van der Waals surface area (Å²) in [6.07, 6.45) is 27.6. The van der Waals surface area contributed by atoms with Crippen LogP contribution in [0.4, 0.5) is 0 Å². The molecule has 2 fully saturated rings. The maximum Gasteiger partial charge on any atom is 0.249 e. The highest BCUT2D eigenvalue weighted by Gasteiger charge is 2.44. The van der Waals surface area contributed by atoms with E-state index >= 15 is 0 Å². The largest absolute Gasteiger partial charge is 0.394 e. The Hall–Kier alpha value is -0.890. The van der Waals surface area contributed by atoms with Gasteiger partial charge >= 0.3 is 0 Å². The Bertz CT molecular complexity index is 1010. The number of amides is 1. The third-order valence-electron chi connectivity index (χ3n) is 13.4. The van der Waals surface area contributed by atoms with Crippen LogP contribution in [-0.2, 0) is 14.3 Å². The second-order valence-corrected chi connectivity index (χ2v) is 18.8. The standard InChI is InChI=1S/C49H95NO10/c1-3-5-7-9-10-11-12-13-14-15-16-17-18-19-20-21-26-30-34-42(53)48(58)50-40(37-59-49-47(57)46(56)45(55)43(36-51)60-49)44(54)41(52)33-29-25-23-22-24-28-32-39-35-38(39)31-27-8-6-4-2/h38-47,49,51-57H,3-37H2,1-2H3,(H,50,58). The van der Waals surface area contributed by atoms with Crippen LogP contribution < -0.4 is 5.32 Å². The summed E-state index contributed by atoms with van der Waals surface area (Å²) in [7, 11) is 0. The average Bonchev–Trinajstić information content (AvgIpc) is 4.01. The molecule has 0 aromatic rings. The second kappa shape index (κ2) is 35.5. The van der Waals surface area contributed by atoms with Crippen molar-refractivity contribution in [3.8, 4) is 0 Å². The zero-order chi connectivity index (χ0) is 43.8. The fraction of sp³-hybridized carbons (Fsp3) is 0.980. The van der Waals surface area contributed by atoms with E-state index in [1.165, 1.54) is 148 Å². The van der Waals surface area contributed by atoms with Gasteiger partial charge in [-0.3, -0.25) is 4.79 Å². The first-order valence-corrected chi connectivity index (χ1v) is 25.4. The molecule has 1 heterocycles. The van der Waals surface area contributed by atoms with Gasteiger partial charge in [-0.15, -0.1) is 0 Å². The summed E-state index contributed by atoms with van der Waals surface area (Å²) in [5.74, 6) is 1.22. The number of rotatable bonds is 41. The predicted octanol–water partition coefficient (Wildman–Crippen LogP) is 8.53. The van der Waals surface area contributed by atoms with Crippen molar-refractivity contribution in [2.45, 2.75) is 281 Å². The van der Waals surface area contributed by atoms with Crippen LogP contribution in [0, 0.1) is 11.8 Å². The molecule has 11 unspecified atom stereocenters. The van der Waals surface area contributed by atoms with Gasteiger partial charge in [-0.25, -0.2) is 0 Å². The van der Waals surface area contributed by atoms with Crippen LogP contribution in [0.15, 0.2) is 0 Å². The SMILES string of the molecule is CCCCCCCCCCCCCCCCCCCCC(O)C(=O)NC(COC1OC(CO)C(O)C(O)C1O)C(O)C(O)CCCCCCCCC1CC1CCCCCC. The number of carbonyl (C=O) groups is 1. The molecule has 1 amide bonds. The van der Waals surface area contributed by atoms with E-state index in [9.17, 15) is 40.5 Å².